The van der Waals surface area contributed by atoms with Crippen LogP contribution in [0.1, 0.15) is 51.9 Å². The van der Waals surface area contributed by atoms with Gasteiger partial charge >= 0.3 is 0 Å². The Labute approximate surface area is 97.3 Å². The van der Waals surface area contributed by atoms with Gasteiger partial charge in [-0.2, -0.15) is 0 Å². The Hall–Kier alpha value is -1.12. The maximum atomic E-state index is 11.2. The van der Waals surface area contributed by atoms with Crippen LogP contribution in [0.5, 0.6) is 0 Å². The molecule has 0 spiro atoms. The zero-order valence-corrected chi connectivity index (χ0v) is 10.00. The van der Waals surface area contributed by atoms with Crippen LogP contribution in [0.3, 0.4) is 0 Å². The molecule has 0 aliphatic carbocycles. The smallest absolute Gasteiger partial charge is 0.230 e. The molecule has 1 heterocycles. The fourth-order valence-electron chi connectivity index (χ4n) is 1.86. The predicted molar refractivity (Wildman–Crippen MR) is 63.8 cm³/mol. The number of hydrogen-bond acceptors (Lipinski definition) is 2. The molecule has 90 valence electrons. The van der Waals surface area contributed by atoms with Crippen LogP contribution in [-0.2, 0) is 9.59 Å². The number of rotatable bonds is 7. The second-order valence-electron chi connectivity index (χ2n) is 4.37. The van der Waals surface area contributed by atoms with E-state index in [-0.39, 0.29) is 17.7 Å². The maximum absolute atomic E-state index is 11.2. The Morgan fingerprint density at radius 2 is 2.06 bits per heavy atom. The van der Waals surface area contributed by atoms with Gasteiger partial charge < -0.3 is 0 Å². The molecule has 2 amide bonds. The van der Waals surface area contributed by atoms with Crippen LogP contribution in [0.15, 0.2) is 12.2 Å². The number of hydrogen-bond donors (Lipinski definition) is 1. The third kappa shape index (κ3) is 4.60. The molecule has 1 atom stereocenters. The van der Waals surface area contributed by atoms with Crippen molar-refractivity contribution in [2.75, 3.05) is 0 Å². The molecule has 0 saturated carbocycles. The standard InChI is InChI=1S/C13H21NO2/c1-2-3-4-5-6-7-8-9-11-10-12(15)14-13(11)16/h7-8,11H,2-6,9-10H2,1H3,(H,14,15,16)/b8-7+. The van der Waals surface area contributed by atoms with E-state index in [1.165, 1.54) is 25.7 Å². The van der Waals surface area contributed by atoms with Gasteiger partial charge in [0.15, 0.2) is 0 Å². The molecule has 0 aromatic rings. The number of carbonyl (C=O) groups is 2. The molecule has 3 heteroatoms. The minimum absolute atomic E-state index is 0.111. The first-order chi connectivity index (χ1) is 7.74. The van der Waals surface area contributed by atoms with Crippen LogP contribution in [0, 0.1) is 5.92 Å². The average Bonchev–Trinajstić information content (AvgIpc) is 2.56. The van der Waals surface area contributed by atoms with E-state index in [4.69, 9.17) is 0 Å². The molecule has 1 aliphatic heterocycles. The second kappa shape index (κ2) is 7.20. The number of unbranched alkanes of at least 4 members (excludes halogenated alkanes) is 4. The molecule has 3 nitrogen and oxygen atoms in total. The van der Waals surface area contributed by atoms with Crippen LogP contribution in [-0.4, -0.2) is 11.8 Å². The molecule has 1 fully saturated rings. The third-order valence-corrected chi connectivity index (χ3v) is 2.88. The summed E-state index contributed by atoms with van der Waals surface area (Å²) in [5.41, 5.74) is 0. The number of nitrogens with one attached hydrogen (secondary N) is 1. The molecule has 1 N–H and O–H groups in total. The summed E-state index contributed by atoms with van der Waals surface area (Å²) in [6.45, 7) is 2.20. The van der Waals surface area contributed by atoms with E-state index < -0.39 is 0 Å². The first kappa shape index (κ1) is 12.9. The predicted octanol–water partition coefficient (Wildman–Crippen LogP) is 2.57. The SMILES string of the molecule is CCCCCC/C=C/CC1CC(=O)NC1=O. The third-order valence-electron chi connectivity index (χ3n) is 2.88. The molecule has 16 heavy (non-hydrogen) atoms. The van der Waals surface area contributed by atoms with Crippen molar-refractivity contribution >= 4 is 11.8 Å². The Morgan fingerprint density at radius 1 is 1.25 bits per heavy atom. The monoisotopic (exact) mass is 223 g/mol. The topological polar surface area (TPSA) is 46.2 Å². The van der Waals surface area contributed by atoms with E-state index >= 15 is 0 Å². The lowest BCUT2D eigenvalue weighted by Gasteiger charge is -1.99. The van der Waals surface area contributed by atoms with Crippen molar-refractivity contribution in [3.63, 3.8) is 0 Å². The van der Waals surface area contributed by atoms with Crippen LogP contribution in [0.2, 0.25) is 0 Å². The van der Waals surface area contributed by atoms with Gasteiger partial charge in [-0.3, -0.25) is 14.9 Å². The largest absolute Gasteiger partial charge is 0.296 e. The van der Waals surface area contributed by atoms with Gasteiger partial charge in [-0.25, -0.2) is 0 Å². The van der Waals surface area contributed by atoms with Crippen molar-refractivity contribution in [1.82, 2.24) is 5.32 Å². The summed E-state index contributed by atoms with van der Waals surface area (Å²) in [5.74, 6) is -0.369. The van der Waals surface area contributed by atoms with Crippen LogP contribution < -0.4 is 5.32 Å². The molecular formula is C13H21NO2. The Kier molecular flexibility index (Phi) is 5.83. The van der Waals surface area contributed by atoms with Crippen molar-refractivity contribution < 1.29 is 9.59 Å². The van der Waals surface area contributed by atoms with E-state index in [1.807, 2.05) is 6.08 Å². The van der Waals surface area contributed by atoms with E-state index in [9.17, 15) is 9.59 Å². The molecule has 1 saturated heterocycles. The summed E-state index contributed by atoms with van der Waals surface area (Å²) in [6.07, 6.45) is 11.4. The minimum Gasteiger partial charge on any atom is -0.296 e. The van der Waals surface area contributed by atoms with Gasteiger partial charge in [0.2, 0.25) is 11.8 Å². The summed E-state index contributed by atoms with van der Waals surface area (Å²) >= 11 is 0. The van der Waals surface area contributed by atoms with Crippen molar-refractivity contribution in [2.24, 2.45) is 5.92 Å². The van der Waals surface area contributed by atoms with Crippen molar-refractivity contribution in [2.45, 2.75) is 51.9 Å². The lowest BCUT2D eigenvalue weighted by atomic mass is 10.0. The molecule has 0 aromatic heterocycles. The van der Waals surface area contributed by atoms with Crippen LogP contribution in [0.4, 0.5) is 0 Å². The van der Waals surface area contributed by atoms with E-state index in [2.05, 4.69) is 18.3 Å². The highest BCUT2D eigenvalue weighted by molar-refractivity contribution is 6.03. The molecule has 1 aliphatic rings. The fourth-order valence-corrected chi connectivity index (χ4v) is 1.86. The van der Waals surface area contributed by atoms with E-state index in [1.54, 1.807) is 0 Å². The van der Waals surface area contributed by atoms with Gasteiger partial charge in [0.1, 0.15) is 0 Å². The van der Waals surface area contributed by atoms with Gasteiger partial charge in [-0.05, 0) is 19.3 Å². The van der Waals surface area contributed by atoms with Crippen LogP contribution >= 0.6 is 0 Å². The first-order valence-corrected chi connectivity index (χ1v) is 6.22. The quantitative estimate of drug-likeness (QED) is 0.409. The van der Waals surface area contributed by atoms with E-state index in [0.29, 0.717) is 12.8 Å². The van der Waals surface area contributed by atoms with Crippen LogP contribution in [0.25, 0.3) is 0 Å². The van der Waals surface area contributed by atoms with Crippen molar-refractivity contribution in [3.05, 3.63) is 12.2 Å². The van der Waals surface area contributed by atoms with Gasteiger partial charge in [0.05, 0.1) is 5.92 Å². The summed E-state index contributed by atoms with van der Waals surface area (Å²) in [6, 6.07) is 0. The maximum Gasteiger partial charge on any atom is 0.230 e. The molecule has 0 bridgehead atoms. The van der Waals surface area contributed by atoms with E-state index in [0.717, 1.165) is 6.42 Å². The Bertz CT molecular complexity index is 271. The average molecular weight is 223 g/mol. The zero-order chi connectivity index (χ0) is 11.8. The van der Waals surface area contributed by atoms with Gasteiger partial charge in [0.25, 0.3) is 0 Å². The minimum atomic E-state index is -0.133. The highest BCUT2D eigenvalue weighted by Crippen LogP contribution is 2.15. The number of imide groups is 1. The zero-order valence-electron chi connectivity index (χ0n) is 10.00. The summed E-state index contributed by atoms with van der Waals surface area (Å²) in [7, 11) is 0. The lowest BCUT2D eigenvalue weighted by Crippen LogP contribution is -2.21. The molecule has 1 rings (SSSR count). The van der Waals surface area contributed by atoms with Gasteiger partial charge in [-0.15, -0.1) is 0 Å². The molecule has 1 unspecified atom stereocenters. The number of carbonyl (C=O) groups excluding carboxylic acids is 2. The highest BCUT2D eigenvalue weighted by atomic mass is 16.2. The Balaban J connectivity index is 2.08. The second-order valence-corrected chi connectivity index (χ2v) is 4.37. The first-order valence-electron chi connectivity index (χ1n) is 6.22. The summed E-state index contributed by atoms with van der Waals surface area (Å²) in [5, 5.41) is 2.32. The van der Waals surface area contributed by atoms with Crippen molar-refractivity contribution in [3.8, 4) is 0 Å². The normalized spacial score (nSPS) is 20.7. The highest BCUT2D eigenvalue weighted by Gasteiger charge is 2.28. The van der Waals surface area contributed by atoms with Crippen molar-refractivity contribution in [1.29, 1.82) is 0 Å². The lowest BCUT2D eigenvalue weighted by molar-refractivity contribution is -0.125. The summed E-state index contributed by atoms with van der Waals surface area (Å²) < 4.78 is 0. The van der Waals surface area contributed by atoms with Gasteiger partial charge in [0, 0.05) is 6.42 Å². The molecule has 0 aromatic carbocycles. The molecule has 0 radical (unpaired) electrons. The summed E-state index contributed by atoms with van der Waals surface area (Å²) in [4.78, 5) is 22.1. The number of amides is 2. The van der Waals surface area contributed by atoms with Gasteiger partial charge in [-0.1, -0.05) is 38.3 Å². The Morgan fingerprint density at radius 3 is 2.69 bits per heavy atom. The fraction of sp³-hybridized carbons (Fsp3) is 0.692. The molecular weight excluding hydrogens is 202 g/mol. The number of allylic oxidation sites excluding steroid dienone is 2.